The van der Waals surface area contributed by atoms with Crippen LogP contribution >= 0.6 is 0 Å². The van der Waals surface area contributed by atoms with Gasteiger partial charge < -0.3 is 4.90 Å². The number of rotatable bonds is 2. The van der Waals surface area contributed by atoms with Crippen LogP contribution in [0.4, 0.5) is 0 Å². The molecule has 0 radical (unpaired) electrons. The molecule has 1 aromatic rings. The molecule has 1 fully saturated rings. The third-order valence-electron chi connectivity index (χ3n) is 2.41. The van der Waals surface area contributed by atoms with E-state index in [1.807, 2.05) is 35.2 Å². The lowest BCUT2D eigenvalue weighted by Crippen LogP contribution is -2.42. The second-order valence-corrected chi connectivity index (χ2v) is 3.40. The van der Waals surface area contributed by atoms with Crippen molar-refractivity contribution in [3.63, 3.8) is 0 Å². The van der Waals surface area contributed by atoms with Crippen LogP contribution in [-0.2, 0) is 11.2 Å². The van der Waals surface area contributed by atoms with Crippen LogP contribution in [0.5, 0.6) is 0 Å². The van der Waals surface area contributed by atoms with E-state index in [1.54, 1.807) is 0 Å². The molecule has 1 saturated heterocycles. The summed E-state index contributed by atoms with van der Waals surface area (Å²) in [4.78, 5) is 13.4. The highest BCUT2D eigenvalue weighted by Gasteiger charge is 2.19. The van der Waals surface area contributed by atoms with Gasteiger partial charge in [-0.05, 0) is 12.0 Å². The maximum absolute atomic E-state index is 11.5. The molecule has 1 aromatic carbocycles. The molecule has 0 unspecified atom stereocenters. The molecule has 2 nitrogen and oxygen atoms in total. The van der Waals surface area contributed by atoms with Gasteiger partial charge in [-0.15, -0.1) is 0 Å². The Balaban J connectivity index is 1.94. The third-order valence-corrected chi connectivity index (χ3v) is 2.41. The summed E-state index contributed by atoms with van der Waals surface area (Å²) in [6.07, 6.45) is 1.72. The zero-order chi connectivity index (χ0) is 9.10. The zero-order valence-electron chi connectivity index (χ0n) is 7.57. The Bertz CT molecular complexity index is 290. The highest BCUT2D eigenvalue weighted by Crippen LogP contribution is 2.09. The van der Waals surface area contributed by atoms with Crippen LogP contribution in [0, 0.1) is 0 Å². The molecule has 1 aliphatic rings. The molecule has 2 heteroatoms. The SMILES string of the molecule is O=C(Cc1ccccc1)N1CCC1. The van der Waals surface area contributed by atoms with Gasteiger partial charge in [-0.1, -0.05) is 30.3 Å². The first-order chi connectivity index (χ1) is 6.36. The van der Waals surface area contributed by atoms with Crippen molar-refractivity contribution in [2.75, 3.05) is 13.1 Å². The van der Waals surface area contributed by atoms with Gasteiger partial charge in [-0.25, -0.2) is 0 Å². The van der Waals surface area contributed by atoms with E-state index >= 15 is 0 Å². The van der Waals surface area contributed by atoms with Gasteiger partial charge in [0.25, 0.3) is 0 Å². The second-order valence-electron chi connectivity index (χ2n) is 3.40. The summed E-state index contributed by atoms with van der Waals surface area (Å²) in [5, 5.41) is 0. The van der Waals surface area contributed by atoms with Gasteiger partial charge in [0.05, 0.1) is 6.42 Å². The summed E-state index contributed by atoms with van der Waals surface area (Å²) in [6, 6.07) is 9.91. The van der Waals surface area contributed by atoms with Crippen LogP contribution in [0.2, 0.25) is 0 Å². The van der Waals surface area contributed by atoms with Crippen molar-refractivity contribution < 1.29 is 4.79 Å². The third kappa shape index (κ3) is 1.89. The Morgan fingerprint density at radius 3 is 2.46 bits per heavy atom. The summed E-state index contributed by atoms with van der Waals surface area (Å²) in [6.45, 7) is 1.90. The monoisotopic (exact) mass is 175 g/mol. The van der Waals surface area contributed by atoms with E-state index in [2.05, 4.69) is 0 Å². The summed E-state index contributed by atoms with van der Waals surface area (Å²) in [5.74, 6) is 0.262. The van der Waals surface area contributed by atoms with Crippen molar-refractivity contribution in [3.05, 3.63) is 35.9 Å². The fraction of sp³-hybridized carbons (Fsp3) is 0.364. The van der Waals surface area contributed by atoms with E-state index in [0.717, 1.165) is 18.7 Å². The Morgan fingerprint density at radius 1 is 1.23 bits per heavy atom. The normalized spacial score (nSPS) is 15.2. The lowest BCUT2D eigenvalue weighted by atomic mass is 10.1. The molecule has 0 aromatic heterocycles. The molecular weight excluding hydrogens is 162 g/mol. The van der Waals surface area contributed by atoms with Crippen LogP contribution in [-0.4, -0.2) is 23.9 Å². The minimum Gasteiger partial charge on any atom is -0.342 e. The van der Waals surface area contributed by atoms with E-state index in [-0.39, 0.29) is 5.91 Å². The topological polar surface area (TPSA) is 20.3 Å². The van der Waals surface area contributed by atoms with Gasteiger partial charge >= 0.3 is 0 Å². The molecule has 1 heterocycles. The number of nitrogens with zero attached hydrogens (tertiary/aromatic N) is 1. The number of carbonyl (C=O) groups is 1. The molecule has 0 atom stereocenters. The van der Waals surface area contributed by atoms with Gasteiger partial charge in [-0.3, -0.25) is 4.79 Å². The van der Waals surface area contributed by atoms with Gasteiger partial charge in [-0.2, -0.15) is 0 Å². The summed E-state index contributed by atoms with van der Waals surface area (Å²) >= 11 is 0. The maximum atomic E-state index is 11.5. The molecule has 0 bridgehead atoms. The van der Waals surface area contributed by atoms with Gasteiger partial charge in [0.15, 0.2) is 0 Å². The second kappa shape index (κ2) is 3.60. The molecule has 68 valence electrons. The van der Waals surface area contributed by atoms with Crippen LogP contribution in [0.15, 0.2) is 30.3 Å². The highest BCUT2D eigenvalue weighted by atomic mass is 16.2. The Labute approximate surface area is 78.2 Å². The van der Waals surface area contributed by atoms with Crippen LogP contribution in [0.3, 0.4) is 0 Å². The number of benzene rings is 1. The van der Waals surface area contributed by atoms with E-state index in [1.165, 1.54) is 6.42 Å². The molecule has 2 rings (SSSR count). The minimum absolute atomic E-state index is 0.262. The number of hydrogen-bond donors (Lipinski definition) is 0. The maximum Gasteiger partial charge on any atom is 0.226 e. The average Bonchev–Trinajstić information content (AvgIpc) is 2.02. The molecule has 0 N–H and O–H groups in total. The Hall–Kier alpha value is -1.31. The molecule has 1 amide bonds. The fourth-order valence-corrected chi connectivity index (χ4v) is 1.45. The van der Waals surface area contributed by atoms with E-state index in [9.17, 15) is 4.79 Å². The summed E-state index contributed by atoms with van der Waals surface area (Å²) < 4.78 is 0. The lowest BCUT2D eigenvalue weighted by molar-refractivity contribution is -0.133. The van der Waals surface area contributed by atoms with Crippen molar-refractivity contribution in [1.82, 2.24) is 4.90 Å². The van der Waals surface area contributed by atoms with Gasteiger partial charge in [0.2, 0.25) is 5.91 Å². The first-order valence-corrected chi connectivity index (χ1v) is 4.68. The van der Waals surface area contributed by atoms with E-state index < -0.39 is 0 Å². The van der Waals surface area contributed by atoms with Crippen molar-refractivity contribution in [3.8, 4) is 0 Å². The fourth-order valence-electron chi connectivity index (χ4n) is 1.45. The molecule has 0 aliphatic carbocycles. The number of likely N-dealkylation sites (tertiary alicyclic amines) is 1. The minimum atomic E-state index is 0.262. The average molecular weight is 175 g/mol. The van der Waals surface area contributed by atoms with Crippen LogP contribution < -0.4 is 0 Å². The summed E-state index contributed by atoms with van der Waals surface area (Å²) in [5.41, 5.74) is 1.11. The van der Waals surface area contributed by atoms with E-state index in [0.29, 0.717) is 6.42 Å². The first kappa shape index (κ1) is 8.30. The van der Waals surface area contributed by atoms with E-state index in [4.69, 9.17) is 0 Å². The smallest absolute Gasteiger partial charge is 0.226 e. The van der Waals surface area contributed by atoms with Crippen molar-refractivity contribution in [1.29, 1.82) is 0 Å². The highest BCUT2D eigenvalue weighted by molar-refractivity contribution is 5.79. The largest absolute Gasteiger partial charge is 0.342 e. The van der Waals surface area contributed by atoms with Crippen LogP contribution in [0.1, 0.15) is 12.0 Å². The number of carbonyl (C=O) groups excluding carboxylic acids is 1. The molecule has 0 saturated carbocycles. The van der Waals surface area contributed by atoms with Gasteiger partial charge in [0.1, 0.15) is 0 Å². The predicted octanol–water partition coefficient (Wildman–Crippen LogP) is 1.46. The molecule has 0 spiro atoms. The Kier molecular flexibility index (Phi) is 2.30. The lowest BCUT2D eigenvalue weighted by Gasteiger charge is -2.30. The summed E-state index contributed by atoms with van der Waals surface area (Å²) in [7, 11) is 0. The first-order valence-electron chi connectivity index (χ1n) is 4.68. The zero-order valence-corrected chi connectivity index (χ0v) is 7.57. The van der Waals surface area contributed by atoms with Gasteiger partial charge in [0, 0.05) is 13.1 Å². The standard InChI is InChI=1S/C11H13NO/c13-11(12-7-4-8-12)9-10-5-2-1-3-6-10/h1-3,5-6H,4,7-9H2. The van der Waals surface area contributed by atoms with Crippen molar-refractivity contribution in [2.24, 2.45) is 0 Å². The Morgan fingerprint density at radius 2 is 1.92 bits per heavy atom. The van der Waals surface area contributed by atoms with Crippen LogP contribution in [0.25, 0.3) is 0 Å². The van der Waals surface area contributed by atoms with Crippen molar-refractivity contribution in [2.45, 2.75) is 12.8 Å². The number of hydrogen-bond acceptors (Lipinski definition) is 1. The predicted molar refractivity (Wildman–Crippen MR) is 51.3 cm³/mol. The van der Waals surface area contributed by atoms with Crippen molar-refractivity contribution >= 4 is 5.91 Å². The molecular formula is C11H13NO. The molecule has 1 aliphatic heterocycles. The quantitative estimate of drug-likeness (QED) is 0.666. The number of amides is 1. The molecule has 13 heavy (non-hydrogen) atoms.